The van der Waals surface area contributed by atoms with Crippen LogP contribution >= 0.6 is 11.3 Å². The topological polar surface area (TPSA) is 72.5 Å². The molecule has 1 aromatic heterocycles. The van der Waals surface area contributed by atoms with Gasteiger partial charge in [-0.1, -0.05) is 54.1 Å². The van der Waals surface area contributed by atoms with Crippen LogP contribution in [0.15, 0.2) is 77.0 Å². The predicted octanol–water partition coefficient (Wildman–Crippen LogP) is 4.50. The van der Waals surface area contributed by atoms with Crippen molar-refractivity contribution in [3.8, 4) is 0 Å². The molecule has 1 heterocycles. The molecule has 7 heteroatoms. The predicted molar refractivity (Wildman–Crippen MR) is 110 cm³/mol. The van der Waals surface area contributed by atoms with Gasteiger partial charge in [0.15, 0.2) is 9.84 Å². The number of thiophene rings is 1. The smallest absolute Gasteiger partial charge is 0.407 e. The first-order valence-electron chi connectivity index (χ1n) is 8.75. The maximum Gasteiger partial charge on any atom is 0.407 e. The zero-order valence-electron chi connectivity index (χ0n) is 15.4. The number of alkyl carbamates (subject to hydrolysis) is 1. The van der Waals surface area contributed by atoms with Crippen LogP contribution in [-0.2, 0) is 21.2 Å². The highest BCUT2D eigenvalue weighted by molar-refractivity contribution is 7.91. The number of sulfone groups is 1. The van der Waals surface area contributed by atoms with E-state index in [1.165, 1.54) is 11.3 Å². The zero-order chi connectivity index (χ0) is 20.0. The van der Waals surface area contributed by atoms with Crippen LogP contribution in [0.25, 0.3) is 0 Å². The van der Waals surface area contributed by atoms with Gasteiger partial charge in [0, 0.05) is 11.4 Å². The number of benzene rings is 2. The molecule has 5 nitrogen and oxygen atoms in total. The summed E-state index contributed by atoms with van der Waals surface area (Å²) < 4.78 is 31.5. The van der Waals surface area contributed by atoms with Crippen LogP contribution in [0.2, 0.25) is 0 Å². The average molecular weight is 416 g/mol. The van der Waals surface area contributed by atoms with E-state index in [2.05, 4.69) is 5.32 Å². The Labute approximate surface area is 168 Å². The molecular formula is C21H21NO4S2. The largest absolute Gasteiger partial charge is 0.445 e. The van der Waals surface area contributed by atoms with E-state index in [1.807, 2.05) is 42.6 Å². The van der Waals surface area contributed by atoms with Crippen molar-refractivity contribution in [1.82, 2.24) is 5.32 Å². The molecule has 28 heavy (non-hydrogen) atoms. The Hall–Kier alpha value is -2.64. The number of rotatable bonds is 7. The normalized spacial score (nSPS) is 12.3. The van der Waals surface area contributed by atoms with Gasteiger partial charge >= 0.3 is 6.09 Å². The summed E-state index contributed by atoms with van der Waals surface area (Å²) in [6.45, 7) is 1.96. The van der Waals surface area contributed by atoms with E-state index in [-0.39, 0.29) is 18.0 Å². The third-order valence-electron chi connectivity index (χ3n) is 4.23. The maximum absolute atomic E-state index is 13.1. The first-order valence-corrected chi connectivity index (χ1v) is 11.2. The van der Waals surface area contributed by atoms with Gasteiger partial charge in [-0.2, -0.15) is 0 Å². The number of carbonyl (C=O) groups excluding carboxylic acids is 1. The summed E-state index contributed by atoms with van der Waals surface area (Å²) in [5.41, 5.74) is 1.84. The minimum absolute atomic E-state index is 0.0651. The van der Waals surface area contributed by atoms with Crippen LogP contribution in [0, 0.1) is 6.92 Å². The maximum atomic E-state index is 13.1. The molecule has 1 N–H and O–H groups in total. The second-order valence-electron chi connectivity index (χ2n) is 6.30. The van der Waals surface area contributed by atoms with Gasteiger partial charge < -0.3 is 10.1 Å². The standard InChI is InChI=1S/C21H21NO4S2/c1-16-9-11-18(12-10-16)28(24,25)20(19-8-5-13-27-19)14-22-21(23)26-15-17-6-3-2-4-7-17/h2-13,20H,14-15H2,1H3,(H,22,23). The van der Waals surface area contributed by atoms with E-state index >= 15 is 0 Å². The Morgan fingerprint density at radius 3 is 2.39 bits per heavy atom. The van der Waals surface area contributed by atoms with E-state index in [0.717, 1.165) is 11.1 Å². The Bertz CT molecular complexity index is 998. The van der Waals surface area contributed by atoms with Gasteiger partial charge in [0.05, 0.1) is 4.90 Å². The second-order valence-corrected chi connectivity index (χ2v) is 9.41. The molecule has 0 saturated carbocycles. The summed E-state index contributed by atoms with van der Waals surface area (Å²) in [7, 11) is -3.66. The summed E-state index contributed by atoms with van der Waals surface area (Å²) in [6, 6.07) is 19.6. The molecule has 3 aromatic rings. The van der Waals surface area contributed by atoms with Gasteiger partial charge in [0.25, 0.3) is 0 Å². The summed E-state index contributed by atoms with van der Waals surface area (Å²) in [6.07, 6.45) is -0.649. The summed E-state index contributed by atoms with van der Waals surface area (Å²) in [5.74, 6) is 0. The van der Waals surface area contributed by atoms with Crippen molar-refractivity contribution in [3.63, 3.8) is 0 Å². The molecule has 0 radical (unpaired) electrons. The third-order valence-corrected chi connectivity index (χ3v) is 7.46. The number of ether oxygens (including phenoxy) is 1. The molecule has 1 unspecified atom stereocenters. The molecule has 2 aromatic carbocycles. The number of hydrogen-bond acceptors (Lipinski definition) is 5. The van der Waals surface area contributed by atoms with E-state index in [0.29, 0.717) is 4.88 Å². The van der Waals surface area contributed by atoms with Crippen LogP contribution in [0.3, 0.4) is 0 Å². The van der Waals surface area contributed by atoms with E-state index < -0.39 is 21.2 Å². The molecular weight excluding hydrogens is 394 g/mol. The van der Waals surface area contributed by atoms with E-state index in [9.17, 15) is 13.2 Å². The minimum Gasteiger partial charge on any atom is -0.445 e. The molecule has 1 amide bonds. The first kappa shape index (κ1) is 20.1. The number of aryl methyl sites for hydroxylation is 1. The van der Waals surface area contributed by atoms with Gasteiger partial charge in [0.1, 0.15) is 11.9 Å². The molecule has 0 bridgehead atoms. The average Bonchev–Trinajstić information content (AvgIpc) is 3.22. The van der Waals surface area contributed by atoms with Crippen LogP contribution in [-0.4, -0.2) is 21.1 Å². The van der Waals surface area contributed by atoms with Crippen LogP contribution in [0.1, 0.15) is 21.3 Å². The van der Waals surface area contributed by atoms with Gasteiger partial charge in [-0.3, -0.25) is 0 Å². The fourth-order valence-corrected chi connectivity index (χ4v) is 5.46. The number of hydrogen-bond donors (Lipinski definition) is 1. The van der Waals surface area contributed by atoms with Crippen molar-refractivity contribution in [3.05, 3.63) is 88.1 Å². The quantitative estimate of drug-likeness (QED) is 0.617. The summed E-state index contributed by atoms with van der Waals surface area (Å²) in [4.78, 5) is 13.0. The van der Waals surface area contributed by atoms with Crippen molar-refractivity contribution in [2.75, 3.05) is 6.54 Å². The van der Waals surface area contributed by atoms with Crippen molar-refractivity contribution in [2.45, 2.75) is 23.7 Å². The fraction of sp³-hybridized carbons (Fsp3) is 0.190. The number of amides is 1. The van der Waals surface area contributed by atoms with Crippen LogP contribution in [0.5, 0.6) is 0 Å². The fourth-order valence-electron chi connectivity index (χ4n) is 2.68. The zero-order valence-corrected chi connectivity index (χ0v) is 17.0. The number of carbonyl (C=O) groups is 1. The minimum atomic E-state index is -3.66. The van der Waals surface area contributed by atoms with Crippen molar-refractivity contribution < 1.29 is 17.9 Å². The second kappa shape index (κ2) is 9.03. The highest BCUT2D eigenvalue weighted by Crippen LogP contribution is 2.31. The molecule has 0 saturated heterocycles. The van der Waals surface area contributed by atoms with E-state index in [4.69, 9.17) is 4.74 Å². The van der Waals surface area contributed by atoms with Gasteiger partial charge in [0.2, 0.25) is 0 Å². The Kier molecular flexibility index (Phi) is 6.49. The van der Waals surface area contributed by atoms with Crippen LogP contribution in [0.4, 0.5) is 4.79 Å². The molecule has 0 aliphatic carbocycles. The lowest BCUT2D eigenvalue weighted by Crippen LogP contribution is -2.32. The van der Waals surface area contributed by atoms with Gasteiger partial charge in [-0.05, 0) is 36.1 Å². The molecule has 3 rings (SSSR count). The highest BCUT2D eigenvalue weighted by atomic mass is 32.2. The lowest BCUT2D eigenvalue weighted by molar-refractivity contribution is 0.139. The molecule has 0 aliphatic rings. The van der Waals surface area contributed by atoms with Crippen molar-refractivity contribution in [1.29, 1.82) is 0 Å². The van der Waals surface area contributed by atoms with Gasteiger partial charge in [-0.25, -0.2) is 13.2 Å². The third kappa shape index (κ3) is 4.99. The molecule has 0 fully saturated rings. The molecule has 1 atom stereocenters. The SMILES string of the molecule is Cc1ccc(S(=O)(=O)C(CNC(=O)OCc2ccccc2)c2cccs2)cc1. The Morgan fingerprint density at radius 2 is 1.75 bits per heavy atom. The Morgan fingerprint density at radius 1 is 1.04 bits per heavy atom. The van der Waals surface area contributed by atoms with Crippen LogP contribution < -0.4 is 5.32 Å². The monoisotopic (exact) mass is 415 g/mol. The van der Waals surface area contributed by atoms with Crippen molar-refractivity contribution >= 4 is 27.3 Å². The van der Waals surface area contributed by atoms with Crippen molar-refractivity contribution in [2.24, 2.45) is 0 Å². The Balaban J connectivity index is 1.71. The summed E-state index contributed by atoms with van der Waals surface area (Å²) >= 11 is 1.35. The molecule has 0 spiro atoms. The summed E-state index contributed by atoms with van der Waals surface area (Å²) in [5, 5.41) is 3.54. The lowest BCUT2D eigenvalue weighted by Gasteiger charge is -2.17. The molecule has 146 valence electrons. The highest BCUT2D eigenvalue weighted by Gasteiger charge is 2.30. The number of nitrogens with one attached hydrogen (secondary N) is 1. The molecule has 0 aliphatic heterocycles. The van der Waals surface area contributed by atoms with E-state index in [1.54, 1.807) is 36.4 Å². The van der Waals surface area contributed by atoms with Gasteiger partial charge in [-0.15, -0.1) is 11.3 Å². The lowest BCUT2D eigenvalue weighted by atomic mass is 10.2. The first-order chi connectivity index (χ1) is 13.5.